The summed E-state index contributed by atoms with van der Waals surface area (Å²) < 4.78 is 0. The SMILES string of the molecule is CC(C)(CC(=O)O)c1ccc(N2CCCC2C(C)(C)O)c(Nc2ccc(Cl)cc2)c1. The van der Waals surface area contributed by atoms with Crippen molar-refractivity contribution in [2.24, 2.45) is 0 Å². The number of anilines is 3. The van der Waals surface area contributed by atoms with Gasteiger partial charge in [-0.05, 0) is 68.7 Å². The number of benzene rings is 2. The minimum atomic E-state index is -0.824. The van der Waals surface area contributed by atoms with Gasteiger partial charge in [-0.2, -0.15) is 0 Å². The molecule has 0 saturated carbocycles. The van der Waals surface area contributed by atoms with Crippen molar-refractivity contribution in [3.63, 3.8) is 0 Å². The standard InChI is InChI=1S/C24H31ClN2O3/c1-23(2,15-22(28)29)16-7-12-20(27-13-5-6-21(27)24(3,4)30)19(14-16)26-18-10-8-17(25)9-11-18/h7-12,14,21,26,30H,5-6,13,15H2,1-4H3,(H,28,29). The Labute approximate surface area is 183 Å². The van der Waals surface area contributed by atoms with Crippen LogP contribution in [0, 0.1) is 0 Å². The van der Waals surface area contributed by atoms with Crippen LogP contribution in [0.1, 0.15) is 52.5 Å². The molecule has 0 amide bonds. The second kappa shape index (κ2) is 8.48. The van der Waals surface area contributed by atoms with E-state index in [9.17, 15) is 15.0 Å². The van der Waals surface area contributed by atoms with Gasteiger partial charge in [-0.25, -0.2) is 0 Å². The van der Waals surface area contributed by atoms with Crippen molar-refractivity contribution >= 4 is 34.6 Å². The Bertz CT molecular complexity index is 904. The predicted molar refractivity (Wildman–Crippen MR) is 123 cm³/mol. The van der Waals surface area contributed by atoms with Crippen LogP contribution in [0.25, 0.3) is 0 Å². The summed E-state index contributed by atoms with van der Waals surface area (Å²) in [6.45, 7) is 8.45. The fourth-order valence-corrected chi connectivity index (χ4v) is 4.39. The van der Waals surface area contributed by atoms with E-state index < -0.39 is 17.0 Å². The van der Waals surface area contributed by atoms with Crippen LogP contribution in [0.3, 0.4) is 0 Å². The number of nitrogens with one attached hydrogen (secondary N) is 1. The van der Waals surface area contributed by atoms with E-state index in [4.69, 9.17) is 11.6 Å². The Balaban J connectivity index is 2.04. The summed E-state index contributed by atoms with van der Waals surface area (Å²) in [7, 11) is 0. The molecule has 1 aliphatic heterocycles. The normalized spacial score (nSPS) is 17.3. The lowest BCUT2D eigenvalue weighted by Crippen LogP contribution is -2.46. The molecule has 3 rings (SSSR count). The fraction of sp³-hybridized carbons (Fsp3) is 0.458. The van der Waals surface area contributed by atoms with Gasteiger partial charge >= 0.3 is 5.97 Å². The summed E-state index contributed by atoms with van der Waals surface area (Å²) in [5.74, 6) is -0.821. The molecular weight excluding hydrogens is 400 g/mol. The number of aliphatic hydroxyl groups is 1. The molecule has 0 radical (unpaired) electrons. The number of rotatable bonds is 7. The highest BCUT2D eigenvalue weighted by Gasteiger charge is 2.37. The third kappa shape index (κ3) is 5.08. The predicted octanol–water partition coefficient (Wildman–Crippen LogP) is 5.58. The van der Waals surface area contributed by atoms with Gasteiger partial charge in [0.2, 0.25) is 0 Å². The summed E-state index contributed by atoms with van der Waals surface area (Å²) in [6, 6.07) is 13.6. The molecule has 2 aromatic carbocycles. The third-order valence-electron chi connectivity index (χ3n) is 5.87. The van der Waals surface area contributed by atoms with Gasteiger partial charge in [0.05, 0.1) is 29.4 Å². The number of halogens is 1. The van der Waals surface area contributed by atoms with Crippen LogP contribution in [-0.2, 0) is 10.2 Å². The molecule has 0 spiro atoms. The Morgan fingerprint density at radius 2 is 1.83 bits per heavy atom. The van der Waals surface area contributed by atoms with E-state index >= 15 is 0 Å². The number of carboxylic acids is 1. The van der Waals surface area contributed by atoms with E-state index in [0.717, 1.165) is 42.0 Å². The van der Waals surface area contributed by atoms with E-state index in [0.29, 0.717) is 5.02 Å². The quantitative estimate of drug-likeness (QED) is 0.535. The maximum absolute atomic E-state index is 11.4. The first-order valence-electron chi connectivity index (χ1n) is 10.4. The lowest BCUT2D eigenvalue weighted by molar-refractivity contribution is -0.138. The van der Waals surface area contributed by atoms with Gasteiger partial charge in [0.25, 0.3) is 0 Å². The van der Waals surface area contributed by atoms with Crippen molar-refractivity contribution in [1.29, 1.82) is 0 Å². The molecule has 1 unspecified atom stereocenters. The van der Waals surface area contributed by atoms with Crippen LogP contribution in [0.2, 0.25) is 5.02 Å². The molecule has 162 valence electrons. The Morgan fingerprint density at radius 3 is 2.43 bits per heavy atom. The van der Waals surface area contributed by atoms with E-state index in [1.807, 2.05) is 70.2 Å². The first kappa shape index (κ1) is 22.4. The first-order chi connectivity index (χ1) is 14.0. The van der Waals surface area contributed by atoms with E-state index in [-0.39, 0.29) is 12.5 Å². The molecule has 1 fully saturated rings. The Hall–Kier alpha value is -2.24. The monoisotopic (exact) mass is 430 g/mol. The summed E-state index contributed by atoms with van der Waals surface area (Å²) in [6.07, 6.45) is 1.99. The molecule has 1 heterocycles. The number of carbonyl (C=O) groups is 1. The van der Waals surface area contributed by atoms with E-state index in [1.165, 1.54) is 0 Å². The van der Waals surface area contributed by atoms with Gasteiger partial charge in [0.1, 0.15) is 0 Å². The molecular formula is C24H31ClN2O3. The number of carboxylic acid groups (broad SMARTS) is 1. The molecule has 2 aromatic rings. The molecule has 1 atom stereocenters. The van der Waals surface area contributed by atoms with Crippen molar-refractivity contribution < 1.29 is 15.0 Å². The summed E-state index contributed by atoms with van der Waals surface area (Å²) in [5.41, 5.74) is 2.40. The third-order valence-corrected chi connectivity index (χ3v) is 6.12. The van der Waals surface area contributed by atoms with Crippen LogP contribution < -0.4 is 10.2 Å². The van der Waals surface area contributed by atoms with Crippen molar-refractivity contribution in [2.45, 2.75) is 64.0 Å². The zero-order valence-electron chi connectivity index (χ0n) is 18.1. The van der Waals surface area contributed by atoms with Gasteiger partial charge in [-0.1, -0.05) is 31.5 Å². The first-order valence-corrected chi connectivity index (χ1v) is 10.7. The Kier molecular flexibility index (Phi) is 6.34. The van der Waals surface area contributed by atoms with Crippen molar-refractivity contribution in [3.8, 4) is 0 Å². The summed E-state index contributed by atoms with van der Waals surface area (Å²) >= 11 is 6.03. The largest absolute Gasteiger partial charge is 0.481 e. The second-order valence-corrected chi connectivity index (χ2v) is 9.76. The van der Waals surface area contributed by atoms with Crippen LogP contribution in [0.5, 0.6) is 0 Å². The van der Waals surface area contributed by atoms with Gasteiger partial charge < -0.3 is 20.4 Å². The van der Waals surface area contributed by atoms with Gasteiger partial charge in [-0.15, -0.1) is 0 Å². The summed E-state index contributed by atoms with van der Waals surface area (Å²) in [4.78, 5) is 13.6. The van der Waals surface area contributed by atoms with E-state index in [1.54, 1.807) is 0 Å². The molecule has 30 heavy (non-hydrogen) atoms. The molecule has 6 heteroatoms. The average Bonchev–Trinajstić information content (AvgIpc) is 3.12. The van der Waals surface area contributed by atoms with Crippen LogP contribution in [-0.4, -0.2) is 34.4 Å². The van der Waals surface area contributed by atoms with Crippen molar-refractivity contribution in [1.82, 2.24) is 0 Å². The minimum Gasteiger partial charge on any atom is -0.481 e. The minimum absolute atomic E-state index is 0.0150. The molecule has 1 aliphatic rings. The maximum Gasteiger partial charge on any atom is 0.304 e. The lowest BCUT2D eigenvalue weighted by Gasteiger charge is -2.37. The van der Waals surface area contributed by atoms with E-state index in [2.05, 4.69) is 10.2 Å². The molecule has 5 nitrogen and oxygen atoms in total. The molecule has 0 bridgehead atoms. The lowest BCUT2D eigenvalue weighted by atomic mass is 9.81. The second-order valence-electron chi connectivity index (χ2n) is 9.32. The zero-order chi connectivity index (χ0) is 22.1. The fourth-order valence-electron chi connectivity index (χ4n) is 4.27. The molecule has 0 aliphatic carbocycles. The molecule has 0 aromatic heterocycles. The van der Waals surface area contributed by atoms with Crippen LogP contribution in [0.4, 0.5) is 17.1 Å². The van der Waals surface area contributed by atoms with Gasteiger partial charge in [0, 0.05) is 22.7 Å². The Morgan fingerprint density at radius 1 is 1.17 bits per heavy atom. The molecule has 1 saturated heterocycles. The highest BCUT2D eigenvalue weighted by Crippen LogP contribution is 2.40. The van der Waals surface area contributed by atoms with Gasteiger partial charge in [0.15, 0.2) is 0 Å². The summed E-state index contributed by atoms with van der Waals surface area (Å²) in [5, 5.41) is 24.2. The maximum atomic E-state index is 11.4. The number of aliphatic carboxylic acids is 1. The van der Waals surface area contributed by atoms with Gasteiger partial charge in [-0.3, -0.25) is 4.79 Å². The number of hydrogen-bond donors (Lipinski definition) is 3. The highest BCUT2D eigenvalue weighted by atomic mass is 35.5. The zero-order valence-corrected chi connectivity index (χ0v) is 18.8. The highest BCUT2D eigenvalue weighted by molar-refractivity contribution is 6.30. The van der Waals surface area contributed by atoms with Crippen LogP contribution >= 0.6 is 11.6 Å². The van der Waals surface area contributed by atoms with Crippen molar-refractivity contribution in [3.05, 3.63) is 53.1 Å². The number of hydrogen-bond acceptors (Lipinski definition) is 4. The van der Waals surface area contributed by atoms with Crippen molar-refractivity contribution in [2.75, 3.05) is 16.8 Å². The van der Waals surface area contributed by atoms with Crippen LogP contribution in [0.15, 0.2) is 42.5 Å². The topological polar surface area (TPSA) is 72.8 Å². The number of nitrogens with zero attached hydrogens (tertiary/aromatic N) is 1. The molecule has 3 N–H and O–H groups in total. The average molecular weight is 431 g/mol. The smallest absolute Gasteiger partial charge is 0.304 e.